The fraction of sp³-hybridized carbons (Fsp3) is 0.538. The number of hydrogen-bond donors (Lipinski definition) is 2. The van der Waals surface area contributed by atoms with Gasteiger partial charge in [0.15, 0.2) is 18.3 Å². The minimum absolute atomic E-state index is 0.0601. The molecular formula is C26H34N2O14. The molecule has 0 bridgehead atoms. The van der Waals surface area contributed by atoms with Gasteiger partial charge in [-0.1, -0.05) is 6.07 Å². The lowest BCUT2D eigenvalue weighted by Crippen LogP contribution is -2.64. The van der Waals surface area contributed by atoms with Crippen LogP contribution >= 0.6 is 0 Å². The van der Waals surface area contributed by atoms with Crippen molar-refractivity contribution in [1.82, 2.24) is 10.8 Å². The largest absolute Gasteiger partial charge is 0.467 e. The number of rotatable bonds is 13. The zero-order valence-electron chi connectivity index (χ0n) is 24.0. The fourth-order valence-corrected chi connectivity index (χ4v) is 3.84. The van der Waals surface area contributed by atoms with E-state index in [-0.39, 0.29) is 31.1 Å². The highest BCUT2D eigenvalue weighted by molar-refractivity contribution is 5.97. The quantitative estimate of drug-likeness (QED) is 0.130. The highest BCUT2D eigenvalue weighted by atomic mass is 16.7. The Balaban J connectivity index is 2.56. The van der Waals surface area contributed by atoms with E-state index in [0.717, 1.165) is 27.9 Å². The Morgan fingerprint density at radius 3 is 2.05 bits per heavy atom. The number of methoxy groups -OCH3 is 1. The summed E-state index contributed by atoms with van der Waals surface area (Å²) in [5.41, 5.74) is 2.83. The van der Waals surface area contributed by atoms with Crippen LogP contribution in [0.3, 0.4) is 0 Å². The summed E-state index contributed by atoms with van der Waals surface area (Å²) in [5.74, 6) is -4.89. The molecule has 0 unspecified atom stereocenters. The van der Waals surface area contributed by atoms with Gasteiger partial charge in [-0.2, -0.15) is 0 Å². The molecule has 16 heteroatoms. The van der Waals surface area contributed by atoms with Gasteiger partial charge in [0.05, 0.1) is 19.3 Å². The van der Waals surface area contributed by atoms with Gasteiger partial charge in [-0.3, -0.25) is 24.0 Å². The summed E-state index contributed by atoms with van der Waals surface area (Å²) in [6.45, 7) is 4.44. The molecule has 0 aliphatic carbocycles. The summed E-state index contributed by atoms with van der Waals surface area (Å²) < 4.78 is 37.4. The van der Waals surface area contributed by atoms with Gasteiger partial charge in [-0.05, 0) is 17.7 Å². The molecule has 1 aliphatic heterocycles. The predicted molar refractivity (Wildman–Crippen MR) is 137 cm³/mol. The third kappa shape index (κ3) is 9.97. The monoisotopic (exact) mass is 598 g/mol. The maximum Gasteiger partial charge on any atom is 0.339 e. The van der Waals surface area contributed by atoms with Crippen molar-refractivity contribution < 1.29 is 66.8 Å². The van der Waals surface area contributed by atoms with E-state index in [9.17, 15) is 28.8 Å². The molecule has 1 aromatic rings. The molecule has 2 N–H and O–H groups in total. The van der Waals surface area contributed by atoms with E-state index in [0.29, 0.717) is 5.56 Å². The lowest BCUT2D eigenvalue weighted by molar-refractivity contribution is -0.282. The lowest BCUT2D eigenvalue weighted by Gasteiger charge is -2.43. The Hall–Kier alpha value is -4.28. The first-order chi connectivity index (χ1) is 19.9. The van der Waals surface area contributed by atoms with Gasteiger partial charge in [0, 0.05) is 41.3 Å². The first-order valence-corrected chi connectivity index (χ1v) is 12.6. The van der Waals surface area contributed by atoms with Crippen molar-refractivity contribution >= 4 is 35.8 Å². The minimum atomic E-state index is -1.70. The third-order valence-electron chi connectivity index (χ3n) is 5.44. The van der Waals surface area contributed by atoms with Gasteiger partial charge in [0.2, 0.25) is 12.4 Å². The van der Waals surface area contributed by atoms with Crippen LogP contribution < -0.4 is 15.5 Å². The number of esters is 5. The summed E-state index contributed by atoms with van der Waals surface area (Å²) in [4.78, 5) is 78.0. The summed E-state index contributed by atoms with van der Waals surface area (Å²) in [5, 5.41) is 2.63. The summed E-state index contributed by atoms with van der Waals surface area (Å²) in [6.07, 6.45) is -8.15. The van der Waals surface area contributed by atoms with E-state index in [2.05, 4.69) is 10.8 Å². The summed E-state index contributed by atoms with van der Waals surface area (Å²) in [6, 6.07) is 4.24. The first-order valence-electron chi connectivity index (χ1n) is 12.6. The molecule has 5 atom stereocenters. The van der Waals surface area contributed by atoms with Crippen LogP contribution in [0.5, 0.6) is 5.75 Å². The Morgan fingerprint density at radius 2 is 1.48 bits per heavy atom. The average molecular weight is 599 g/mol. The standard InChI is InChI=1S/C26H34N2O14/c1-13(29)36-12-17-7-8-19(18(11-17)24(33)28-9-10-37-27-5)41-26-23(40-16(4)32)21(39-15(3)31)20(38-14(2)30)22(42-26)25(34)35-6/h7-8,11,20-23,26-27H,9-10,12H2,1-6H3,(H,28,33)/t20-,21-,22-,23+,26+/m0/s1. The van der Waals surface area contributed by atoms with Crippen LogP contribution in [0.25, 0.3) is 0 Å². The van der Waals surface area contributed by atoms with E-state index in [1.54, 1.807) is 7.05 Å². The van der Waals surface area contributed by atoms with Gasteiger partial charge < -0.3 is 43.3 Å². The Kier molecular flexibility index (Phi) is 13.1. The molecule has 42 heavy (non-hydrogen) atoms. The normalized spacial score (nSPS) is 21.3. The minimum Gasteiger partial charge on any atom is -0.467 e. The molecule has 0 spiro atoms. The smallest absolute Gasteiger partial charge is 0.339 e. The first kappa shape index (κ1) is 33.9. The second-order valence-corrected chi connectivity index (χ2v) is 8.71. The molecule has 1 aromatic carbocycles. The number of nitrogens with one attached hydrogen (secondary N) is 2. The van der Waals surface area contributed by atoms with Gasteiger partial charge in [-0.25, -0.2) is 10.3 Å². The number of amides is 1. The molecule has 1 saturated heterocycles. The third-order valence-corrected chi connectivity index (χ3v) is 5.44. The van der Waals surface area contributed by atoms with Gasteiger partial charge in [0.25, 0.3) is 5.91 Å². The van der Waals surface area contributed by atoms with Crippen molar-refractivity contribution in [1.29, 1.82) is 0 Å². The predicted octanol–water partition coefficient (Wildman–Crippen LogP) is -0.298. The van der Waals surface area contributed by atoms with Crippen molar-refractivity contribution in [2.24, 2.45) is 0 Å². The highest BCUT2D eigenvalue weighted by Crippen LogP contribution is 2.32. The maximum atomic E-state index is 13.1. The van der Waals surface area contributed by atoms with E-state index in [1.807, 2.05) is 0 Å². The number of hydroxylamine groups is 1. The zero-order valence-corrected chi connectivity index (χ0v) is 24.0. The van der Waals surface area contributed by atoms with Crippen molar-refractivity contribution in [2.75, 3.05) is 27.3 Å². The second kappa shape index (κ2) is 16.2. The topological polar surface area (TPSA) is 200 Å². The molecule has 16 nitrogen and oxygen atoms in total. The number of carbonyl (C=O) groups excluding carboxylic acids is 6. The van der Waals surface area contributed by atoms with E-state index in [4.69, 9.17) is 38.0 Å². The van der Waals surface area contributed by atoms with Crippen LogP contribution in [0.2, 0.25) is 0 Å². The van der Waals surface area contributed by atoms with Crippen molar-refractivity contribution in [3.8, 4) is 5.75 Å². The molecule has 0 radical (unpaired) electrons. The van der Waals surface area contributed by atoms with Gasteiger partial charge in [0.1, 0.15) is 12.4 Å². The van der Waals surface area contributed by atoms with Crippen molar-refractivity contribution in [3.63, 3.8) is 0 Å². The second-order valence-electron chi connectivity index (χ2n) is 8.71. The Labute approximate surface area is 241 Å². The number of carbonyl (C=O) groups is 6. The van der Waals surface area contributed by atoms with Crippen molar-refractivity contribution in [2.45, 2.75) is 65.0 Å². The molecule has 1 fully saturated rings. The van der Waals surface area contributed by atoms with E-state index >= 15 is 0 Å². The molecule has 1 aliphatic rings. The van der Waals surface area contributed by atoms with Gasteiger partial charge in [-0.15, -0.1) is 0 Å². The number of ether oxygens (including phenoxy) is 7. The SMILES string of the molecule is CNOCCNC(=O)c1cc(COC(C)=O)ccc1O[C@@H]1O[C@H](C(=O)OC)[C@@H](OC(C)=O)[C@H](OC(C)=O)[C@H]1OC(C)=O. The number of hydrogen-bond acceptors (Lipinski definition) is 15. The van der Waals surface area contributed by atoms with Gasteiger partial charge >= 0.3 is 29.8 Å². The molecule has 232 valence electrons. The summed E-state index contributed by atoms with van der Waals surface area (Å²) >= 11 is 0. The average Bonchev–Trinajstić information content (AvgIpc) is 2.92. The van der Waals surface area contributed by atoms with E-state index < -0.39 is 66.5 Å². The maximum absolute atomic E-state index is 13.1. The van der Waals surface area contributed by atoms with Crippen LogP contribution in [0, 0.1) is 0 Å². The van der Waals surface area contributed by atoms with Crippen LogP contribution in [-0.2, 0) is 63.8 Å². The van der Waals surface area contributed by atoms with Crippen LogP contribution in [0.1, 0.15) is 43.6 Å². The molecule has 2 rings (SSSR count). The molecule has 1 heterocycles. The van der Waals surface area contributed by atoms with E-state index in [1.165, 1.54) is 25.1 Å². The summed E-state index contributed by atoms with van der Waals surface area (Å²) in [7, 11) is 2.60. The lowest BCUT2D eigenvalue weighted by atomic mass is 9.97. The molecule has 0 aromatic heterocycles. The zero-order chi connectivity index (χ0) is 31.4. The Bertz CT molecular complexity index is 1160. The molecular weight excluding hydrogens is 564 g/mol. The fourth-order valence-electron chi connectivity index (χ4n) is 3.84. The Morgan fingerprint density at radius 1 is 0.857 bits per heavy atom. The molecule has 0 saturated carbocycles. The highest BCUT2D eigenvalue weighted by Gasteiger charge is 2.56. The molecule has 1 amide bonds. The van der Waals surface area contributed by atoms with Crippen molar-refractivity contribution in [3.05, 3.63) is 29.3 Å². The van der Waals surface area contributed by atoms with Crippen LogP contribution in [0.4, 0.5) is 0 Å². The van der Waals surface area contributed by atoms with Crippen LogP contribution in [0.15, 0.2) is 18.2 Å². The number of benzene rings is 1. The van der Waals surface area contributed by atoms with Crippen LogP contribution in [-0.4, -0.2) is 93.8 Å².